The fraction of sp³-hybridized carbons (Fsp3) is 0.148. The molecule has 0 unspecified atom stereocenters. The highest BCUT2D eigenvalue weighted by atomic mass is 32.1. The lowest BCUT2D eigenvalue weighted by atomic mass is 10.1. The first kappa shape index (κ1) is 22.1. The van der Waals surface area contributed by atoms with Crippen LogP contribution in [0.2, 0.25) is 0 Å². The molecule has 0 fully saturated rings. The molecule has 0 atom stereocenters. The number of carbonyl (C=O) groups excluding carboxylic acids is 1. The number of hydrogen-bond donors (Lipinski definition) is 1. The van der Waals surface area contributed by atoms with Crippen LogP contribution in [0.25, 0.3) is 11.3 Å². The molecule has 0 aliphatic carbocycles. The van der Waals surface area contributed by atoms with Crippen LogP contribution in [-0.2, 0) is 11.3 Å². The normalized spacial score (nSPS) is 14.9. The summed E-state index contributed by atoms with van der Waals surface area (Å²) in [6, 6.07) is 21.6. The number of ether oxygens (including phenoxy) is 3. The molecule has 0 radical (unpaired) electrons. The zero-order chi connectivity index (χ0) is 24.5. The molecular weight excluding hydrogens is 476 g/mol. The summed E-state index contributed by atoms with van der Waals surface area (Å²) in [6.45, 7) is 2.73. The van der Waals surface area contributed by atoms with E-state index in [-0.39, 0.29) is 19.3 Å². The van der Waals surface area contributed by atoms with E-state index in [4.69, 9.17) is 24.3 Å². The number of amides is 1. The smallest absolute Gasteiger partial charge is 0.262 e. The number of rotatable bonds is 5. The van der Waals surface area contributed by atoms with E-state index in [0.29, 0.717) is 23.7 Å². The van der Waals surface area contributed by atoms with Gasteiger partial charge in [0.25, 0.3) is 5.91 Å². The first-order valence-electron chi connectivity index (χ1n) is 11.4. The molecule has 0 saturated heterocycles. The van der Waals surface area contributed by atoms with E-state index in [1.165, 1.54) is 11.3 Å². The Morgan fingerprint density at radius 2 is 1.83 bits per heavy atom. The van der Waals surface area contributed by atoms with E-state index < -0.39 is 0 Å². The molecule has 6 rings (SSSR count). The molecule has 0 saturated carbocycles. The molecule has 2 aliphatic heterocycles. The Balaban J connectivity index is 1.44. The van der Waals surface area contributed by atoms with Gasteiger partial charge in [-0.1, -0.05) is 30.3 Å². The van der Waals surface area contributed by atoms with Gasteiger partial charge in [-0.3, -0.25) is 9.79 Å². The highest BCUT2D eigenvalue weighted by Crippen LogP contribution is 2.34. The van der Waals surface area contributed by atoms with Crippen LogP contribution in [0.1, 0.15) is 18.1 Å². The number of benzene rings is 3. The third-order valence-electron chi connectivity index (χ3n) is 5.87. The molecule has 1 amide bonds. The lowest BCUT2D eigenvalue weighted by Crippen LogP contribution is -2.25. The predicted octanol–water partition coefficient (Wildman–Crippen LogP) is 4.65. The summed E-state index contributed by atoms with van der Waals surface area (Å²) in [6.07, 6.45) is 0. The lowest BCUT2D eigenvalue weighted by molar-refractivity contribution is -0.118. The van der Waals surface area contributed by atoms with Crippen LogP contribution < -0.4 is 24.3 Å². The Bertz CT molecular complexity index is 1560. The van der Waals surface area contributed by atoms with Crippen LogP contribution >= 0.6 is 11.3 Å². The van der Waals surface area contributed by atoms with Crippen LogP contribution in [0.5, 0.6) is 17.2 Å². The van der Waals surface area contributed by atoms with E-state index in [0.717, 1.165) is 38.6 Å². The summed E-state index contributed by atoms with van der Waals surface area (Å²) >= 11 is 1.51. The van der Waals surface area contributed by atoms with Crippen LogP contribution in [0.3, 0.4) is 0 Å². The average molecular weight is 499 g/mol. The van der Waals surface area contributed by atoms with Crippen LogP contribution in [0.4, 0.5) is 5.69 Å². The molecule has 1 N–H and O–H groups in total. The van der Waals surface area contributed by atoms with Crippen molar-refractivity contribution in [1.29, 1.82) is 0 Å². The maximum atomic E-state index is 11.9. The highest BCUT2D eigenvalue weighted by Gasteiger charge is 2.19. The van der Waals surface area contributed by atoms with Gasteiger partial charge in [0, 0.05) is 16.5 Å². The maximum absolute atomic E-state index is 11.9. The van der Waals surface area contributed by atoms with Gasteiger partial charge in [-0.25, -0.2) is 4.68 Å². The van der Waals surface area contributed by atoms with E-state index in [1.54, 1.807) is 0 Å². The Morgan fingerprint density at radius 1 is 1.00 bits per heavy atom. The number of fused-ring (bicyclic) bond motifs is 2. The van der Waals surface area contributed by atoms with Crippen molar-refractivity contribution >= 4 is 28.6 Å². The Kier molecular flexibility index (Phi) is 5.74. The molecule has 9 heteroatoms. The minimum atomic E-state index is -0.173. The van der Waals surface area contributed by atoms with Crippen molar-refractivity contribution in [3.63, 3.8) is 0 Å². The van der Waals surface area contributed by atoms with Crippen molar-refractivity contribution in [2.24, 2.45) is 10.1 Å². The van der Waals surface area contributed by atoms with Gasteiger partial charge in [-0.05, 0) is 48.9 Å². The summed E-state index contributed by atoms with van der Waals surface area (Å²) in [5.74, 6) is 1.91. The molecule has 3 aromatic carbocycles. The molecule has 180 valence electrons. The number of hydrogen-bond acceptors (Lipinski definition) is 7. The van der Waals surface area contributed by atoms with Gasteiger partial charge >= 0.3 is 0 Å². The third-order valence-corrected chi connectivity index (χ3v) is 6.73. The van der Waals surface area contributed by atoms with Gasteiger partial charge in [-0.15, -0.1) is 11.3 Å². The maximum Gasteiger partial charge on any atom is 0.262 e. The average Bonchev–Trinajstić information content (AvgIpc) is 3.54. The molecule has 4 aromatic rings. The molecule has 1 aromatic heterocycles. The first-order valence-corrected chi connectivity index (χ1v) is 12.3. The molecule has 2 aliphatic rings. The van der Waals surface area contributed by atoms with E-state index in [1.807, 2.05) is 71.6 Å². The van der Waals surface area contributed by atoms with E-state index in [9.17, 15) is 4.79 Å². The zero-order valence-electron chi connectivity index (χ0n) is 19.4. The lowest BCUT2D eigenvalue weighted by Gasteiger charge is -2.18. The fourth-order valence-electron chi connectivity index (χ4n) is 4.02. The Labute approximate surface area is 211 Å². The zero-order valence-corrected chi connectivity index (χ0v) is 20.2. The predicted molar refractivity (Wildman–Crippen MR) is 138 cm³/mol. The molecule has 0 bridgehead atoms. The quantitative estimate of drug-likeness (QED) is 0.406. The first-order chi connectivity index (χ1) is 17.6. The van der Waals surface area contributed by atoms with Gasteiger partial charge in [-0.2, -0.15) is 5.10 Å². The second-order valence-electron chi connectivity index (χ2n) is 8.32. The van der Waals surface area contributed by atoms with E-state index in [2.05, 4.69) is 17.4 Å². The number of thiazole rings is 1. The SMILES string of the molecule is CC(=Nn1c(-c2ccc3c(c2)NC(=O)CO3)csc1=NCc1ccccc1)c1ccc2c(c1)OCO2. The van der Waals surface area contributed by atoms with Crippen molar-refractivity contribution in [3.05, 3.63) is 88.0 Å². The van der Waals surface area contributed by atoms with Crippen molar-refractivity contribution in [1.82, 2.24) is 4.68 Å². The van der Waals surface area contributed by atoms with Crippen LogP contribution in [-0.4, -0.2) is 29.7 Å². The largest absolute Gasteiger partial charge is 0.482 e. The Hall–Kier alpha value is -4.37. The van der Waals surface area contributed by atoms with Crippen molar-refractivity contribution in [2.75, 3.05) is 18.7 Å². The summed E-state index contributed by atoms with van der Waals surface area (Å²) in [5, 5.41) is 9.87. The summed E-state index contributed by atoms with van der Waals surface area (Å²) in [7, 11) is 0. The number of nitrogens with zero attached hydrogens (tertiary/aromatic N) is 3. The number of carbonyl (C=O) groups is 1. The van der Waals surface area contributed by atoms with Crippen molar-refractivity contribution < 1.29 is 19.0 Å². The second kappa shape index (κ2) is 9.35. The van der Waals surface area contributed by atoms with Gasteiger partial charge in [0.2, 0.25) is 11.6 Å². The van der Waals surface area contributed by atoms with Gasteiger partial charge < -0.3 is 19.5 Å². The van der Waals surface area contributed by atoms with Crippen LogP contribution in [0, 0.1) is 0 Å². The standard InChI is InChI=1S/C27H22N4O4S/c1-17(19-7-10-24-25(12-19)35-16-34-24)30-31-22(15-36-27(31)28-13-18-5-3-2-4-6-18)20-8-9-23-21(11-20)29-26(32)14-33-23/h2-12,15H,13-14,16H2,1H3,(H,29,32). The van der Waals surface area contributed by atoms with Gasteiger partial charge in [0.05, 0.1) is 23.6 Å². The monoisotopic (exact) mass is 498 g/mol. The minimum absolute atomic E-state index is 0.0202. The molecule has 0 spiro atoms. The molecule has 36 heavy (non-hydrogen) atoms. The fourth-order valence-corrected chi connectivity index (χ4v) is 4.85. The molecule has 3 heterocycles. The van der Waals surface area contributed by atoms with Gasteiger partial charge in [0.1, 0.15) is 5.75 Å². The summed E-state index contributed by atoms with van der Waals surface area (Å²) in [5.41, 5.74) is 5.21. The highest BCUT2D eigenvalue weighted by molar-refractivity contribution is 7.07. The molecular formula is C27H22N4O4S. The third kappa shape index (κ3) is 4.36. The number of nitrogens with one attached hydrogen (secondary N) is 1. The van der Waals surface area contributed by atoms with Crippen molar-refractivity contribution in [3.8, 4) is 28.5 Å². The summed E-state index contributed by atoms with van der Waals surface area (Å²) < 4.78 is 18.4. The summed E-state index contributed by atoms with van der Waals surface area (Å²) in [4.78, 5) is 17.5. The number of anilines is 1. The van der Waals surface area contributed by atoms with Crippen LogP contribution in [0.15, 0.2) is 82.2 Å². The molecule has 8 nitrogen and oxygen atoms in total. The van der Waals surface area contributed by atoms with E-state index >= 15 is 0 Å². The van der Waals surface area contributed by atoms with Crippen molar-refractivity contribution in [2.45, 2.75) is 13.5 Å². The minimum Gasteiger partial charge on any atom is -0.482 e. The topological polar surface area (TPSA) is 86.4 Å². The second-order valence-corrected chi connectivity index (χ2v) is 9.15. The van der Waals surface area contributed by atoms with Gasteiger partial charge in [0.15, 0.2) is 18.1 Å². The number of aromatic nitrogens is 1. The Morgan fingerprint density at radius 3 is 2.72 bits per heavy atom.